The molecule has 1 spiro atoms. The third kappa shape index (κ3) is 2.35. The number of para-hydroxylation sites is 1. The summed E-state index contributed by atoms with van der Waals surface area (Å²) in [5.74, 6) is 0.0547. The van der Waals surface area contributed by atoms with Gasteiger partial charge in [-0.15, -0.1) is 0 Å². The van der Waals surface area contributed by atoms with Crippen LogP contribution in [0.3, 0.4) is 0 Å². The first kappa shape index (κ1) is 15.2. The van der Waals surface area contributed by atoms with Crippen LogP contribution >= 0.6 is 0 Å². The minimum absolute atomic E-state index is 0.213. The second kappa shape index (κ2) is 4.65. The summed E-state index contributed by atoms with van der Waals surface area (Å²) in [6, 6.07) is 4.83. The number of benzene rings is 1. The van der Waals surface area contributed by atoms with Crippen molar-refractivity contribution in [2.45, 2.75) is 37.3 Å². The standard InChI is InChI=1S/C14H13F3O4S/c1-9-4-2-5-10-11(21-22(18,19)14(15,16)17)8-13(6-3-7-13)20-12(9)10/h2,4-5,8H,3,6-7H2,1H3. The molecule has 0 unspecified atom stereocenters. The molecule has 1 saturated carbocycles. The van der Waals surface area contributed by atoms with E-state index in [0.29, 0.717) is 24.2 Å². The molecule has 0 aromatic heterocycles. The van der Waals surface area contributed by atoms with Crippen LogP contribution in [0.15, 0.2) is 24.3 Å². The van der Waals surface area contributed by atoms with Crippen molar-refractivity contribution in [3.8, 4) is 5.75 Å². The topological polar surface area (TPSA) is 52.6 Å². The molecule has 1 aliphatic heterocycles. The number of aryl methyl sites for hydroxylation is 1. The van der Waals surface area contributed by atoms with Gasteiger partial charge in [0.2, 0.25) is 0 Å². The van der Waals surface area contributed by atoms with Crippen LogP contribution in [0, 0.1) is 6.92 Å². The Bertz CT molecular complexity index is 746. The van der Waals surface area contributed by atoms with Crippen LogP contribution in [0.25, 0.3) is 5.76 Å². The summed E-state index contributed by atoms with van der Waals surface area (Å²) < 4.78 is 70.6. The van der Waals surface area contributed by atoms with Gasteiger partial charge in [-0.1, -0.05) is 12.1 Å². The maximum atomic E-state index is 12.6. The summed E-state index contributed by atoms with van der Waals surface area (Å²) in [5.41, 5.74) is -5.31. The number of alkyl halides is 3. The fourth-order valence-electron chi connectivity index (χ4n) is 2.54. The van der Waals surface area contributed by atoms with Gasteiger partial charge in [-0.3, -0.25) is 0 Å². The number of hydrogen-bond acceptors (Lipinski definition) is 4. The van der Waals surface area contributed by atoms with E-state index in [-0.39, 0.29) is 11.3 Å². The number of fused-ring (bicyclic) bond motifs is 1. The van der Waals surface area contributed by atoms with Gasteiger partial charge in [-0.2, -0.15) is 21.6 Å². The first-order valence-electron chi connectivity index (χ1n) is 6.66. The number of ether oxygens (including phenoxy) is 1. The molecule has 0 N–H and O–H groups in total. The van der Waals surface area contributed by atoms with Gasteiger partial charge < -0.3 is 8.92 Å². The molecule has 1 fully saturated rings. The van der Waals surface area contributed by atoms with Crippen LogP contribution in [0.4, 0.5) is 13.2 Å². The zero-order chi connectivity index (χ0) is 16.2. The van der Waals surface area contributed by atoms with Crippen LogP contribution in [0.1, 0.15) is 30.4 Å². The number of hydrogen-bond donors (Lipinski definition) is 0. The molecule has 0 atom stereocenters. The van der Waals surface area contributed by atoms with Crippen molar-refractivity contribution in [1.82, 2.24) is 0 Å². The van der Waals surface area contributed by atoms with Gasteiger partial charge in [-0.05, 0) is 37.8 Å². The Hall–Kier alpha value is -1.70. The van der Waals surface area contributed by atoms with E-state index < -0.39 is 21.2 Å². The highest BCUT2D eigenvalue weighted by Gasteiger charge is 2.50. The van der Waals surface area contributed by atoms with Crippen molar-refractivity contribution in [2.75, 3.05) is 0 Å². The van der Waals surface area contributed by atoms with Crippen molar-refractivity contribution in [2.24, 2.45) is 0 Å². The van der Waals surface area contributed by atoms with E-state index in [9.17, 15) is 21.6 Å². The van der Waals surface area contributed by atoms with Gasteiger partial charge in [0, 0.05) is 6.08 Å². The van der Waals surface area contributed by atoms with Gasteiger partial charge in [0.15, 0.2) is 5.76 Å². The van der Waals surface area contributed by atoms with E-state index in [1.165, 1.54) is 12.1 Å². The molecule has 22 heavy (non-hydrogen) atoms. The molecule has 2 aliphatic rings. The zero-order valence-electron chi connectivity index (χ0n) is 11.6. The lowest BCUT2D eigenvalue weighted by Gasteiger charge is -2.43. The van der Waals surface area contributed by atoms with Crippen LogP contribution in [0.5, 0.6) is 5.75 Å². The maximum Gasteiger partial charge on any atom is 0.534 e. The van der Waals surface area contributed by atoms with Gasteiger partial charge in [0.25, 0.3) is 0 Å². The lowest BCUT2D eigenvalue weighted by molar-refractivity contribution is -0.0512. The maximum absolute atomic E-state index is 12.6. The zero-order valence-corrected chi connectivity index (χ0v) is 12.4. The monoisotopic (exact) mass is 334 g/mol. The normalized spacial score (nSPS) is 19.7. The molecule has 0 bridgehead atoms. The molecule has 1 aromatic carbocycles. The van der Waals surface area contributed by atoms with E-state index in [1.54, 1.807) is 19.1 Å². The average Bonchev–Trinajstić information content (AvgIpc) is 2.36. The van der Waals surface area contributed by atoms with E-state index >= 15 is 0 Å². The lowest BCUT2D eigenvalue weighted by atomic mass is 9.77. The van der Waals surface area contributed by atoms with Crippen molar-refractivity contribution in [1.29, 1.82) is 0 Å². The minimum atomic E-state index is -5.71. The summed E-state index contributed by atoms with van der Waals surface area (Å²) >= 11 is 0. The third-order valence-corrected chi connectivity index (χ3v) is 4.83. The summed E-state index contributed by atoms with van der Waals surface area (Å²) in [4.78, 5) is 0. The summed E-state index contributed by atoms with van der Waals surface area (Å²) in [6.45, 7) is 1.74. The smallest absolute Gasteiger partial charge is 0.482 e. The average molecular weight is 334 g/mol. The van der Waals surface area contributed by atoms with Crippen molar-refractivity contribution in [3.63, 3.8) is 0 Å². The second-order valence-corrected chi connectivity index (χ2v) is 7.00. The predicted molar refractivity (Wildman–Crippen MR) is 72.4 cm³/mol. The molecule has 8 heteroatoms. The highest BCUT2D eigenvalue weighted by atomic mass is 32.2. The predicted octanol–water partition coefficient (Wildman–Crippen LogP) is 3.52. The van der Waals surface area contributed by atoms with Gasteiger partial charge >= 0.3 is 15.6 Å². The third-order valence-electron chi connectivity index (χ3n) is 3.86. The molecular formula is C14H13F3O4S. The van der Waals surface area contributed by atoms with Crippen molar-refractivity contribution >= 4 is 15.9 Å². The number of halogens is 3. The van der Waals surface area contributed by atoms with Crippen LogP contribution < -0.4 is 4.74 Å². The second-order valence-electron chi connectivity index (χ2n) is 5.46. The molecule has 120 valence electrons. The van der Waals surface area contributed by atoms with Crippen molar-refractivity contribution < 1.29 is 30.5 Å². The van der Waals surface area contributed by atoms with E-state index in [0.717, 1.165) is 6.42 Å². The van der Waals surface area contributed by atoms with Crippen LogP contribution in [-0.4, -0.2) is 19.5 Å². The fourth-order valence-corrected chi connectivity index (χ4v) is 3.01. The minimum Gasteiger partial charge on any atom is -0.482 e. The molecule has 1 aliphatic carbocycles. The quantitative estimate of drug-likeness (QED) is 0.613. The Labute approximate surface area is 125 Å². The Morgan fingerprint density at radius 1 is 1.27 bits per heavy atom. The van der Waals surface area contributed by atoms with Gasteiger partial charge in [-0.25, -0.2) is 0 Å². The fraction of sp³-hybridized carbons (Fsp3) is 0.429. The van der Waals surface area contributed by atoms with E-state index in [1.807, 2.05) is 0 Å². The highest BCUT2D eigenvalue weighted by Crippen LogP contribution is 2.47. The summed E-state index contributed by atoms with van der Waals surface area (Å²) in [5, 5.41) is 0. The molecule has 4 nitrogen and oxygen atoms in total. The molecule has 1 heterocycles. The molecule has 0 amide bonds. The number of rotatable bonds is 2. The van der Waals surface area contributed by atoms with Crippen molar-refractivity contribution in [3.05, 3.63) is 35.4 Å². The highest BCUT2D eigenvalue weighted by molar-refractivity contribution is 7.87. The Balaban J connectivity index is 2.07. The van der Waals surface area contributed by atoms with Crippen LogP contribution in [-0.2, 0) is 14.3 Å². The summed E-state index contributed by atoms with van der Waals surface area (Å²) in [6.07, 6.45) is 3.43. The Kier molecular flexibility index (Phi) is 3.21. The Morgan fingerprint density at radius 2 is 1.95 bits per heavy atom. The first-order valence-corrected chi connectivity index (χ1v) is 8.07. The largest absolute Gasteiger partial charge is 0.534 e. The SMILES string of the molecule is Cc1cccc2c1OC1(C=C2OS(=O)(=O)C(F)(F)F)CCC1. The molecule has 1 aromatic rings. The van der Waals surface area contributed by atoms with E-state index in [4.69, 9.17) is 4.74 Å². The molecule has 0 saturated heterocycles. The first-order chi connectivity index (χ1) is 10.1. The summed E-state index contributed by atoms with van der Waals surface area (Å²) in [7, 11) is -5.71. The molecule has 0 radical (unpaired) electrons. The molecule has 3 rings (SSSR count). The molecular weight excluding hydrogens is 321 g/mol. The van der Waals surface area contributed by atoms with E-state index in [2.05, 4.69) is 4.18 Å². The van der Waals surface area contributed by atoms with Gasteiger partial charge in [0.05, 0.1) is 5.56 Å². The van der Waals surface area contributed by atoms with Gasteiger partial charge in [0.1, 0.15) is 11.4 Å². The Morgan fingerprint density at radius 3 is 2.50 bits per heavy atom. The lowest BCUT2D eigenvalue weighted by Crippen LogP contribution is -2.43. The van der Waals surface area contributed by atoms with Crippen LogP contribution in [0.2, 0.25) is 0 Å².